The smallest absolute Gasteiger partial charge is 0.193 e. The molecule has 2 rings (SSSR count). The third-order valence-electron chi connectivity index (χ3n) is 3.25. The van der Waals surface area contributed by atoms with Crippen molar-refractivity contribution in [1.29, 1.82) is 0 Å². The number of halogens is 1. The highest BCUT2D eigenvalue weighted by atomic mass is 127. The van der Waals surface area contributed by atoms with Crippen LogP contribution in [0.1, 0.15) is 22.4 Å². The van der Waals surface area contributed by atoms with Gasteiger partial charge in [-0.25, -0.2) is 9.98 Å². The summed E-state index contributed by atoms with van der Waals surface area (Å²) in [6.45, 7) is 3.71. The molecule has 1 heterocycles. The van der Waals surface area contributed by atoms with E-state index in [1.54, 1.807) is 11.3 Å². The summed E-state index contributed by atoms with van der Waals surface area (Å²) in [7, 11) is 4.02. The predicted molar refractivity (Wildman–Crippen MR) is 110 cm³/mol. The maximum atomic E-state index is 4.66. The highest BCUT2D eigenvalue weighted by Gasteiger charge is 2.04. The molecule has 0 saturated heterocycles. The van der Waals surface area contributed by atoms with Gasteiger partial charge in [-0.3, -0.25) is 0 Å². The van der Waals surface area contributed by atoms with Crippen molar-refractivity contribution in [2.45, 2.75) is 26.3 Å². The first-order valence-electron chi connectivity index (χ1n) is 7.62. The Kier molecular flexibility index (Phi) is 9.16. The number of benzene rings is 1. The molecule has 0 amide bonds. The molecule has 23 heavy (non-hydrogen) atoms. The zero-order valence-corrected chi connectivity index (χ0v) is 17.1. The minimum absolute atomic E-state index is 0. The van der Waals surface area contributed by atoms with Gasteiger partial charge in [0.2, 0.25) is 0 Å². The molecular formula is C17H25IN4S. The number of hydrogen-bond donors (Lipinski definition) is 1. The van der Waals surface area contributed by atoms with Crippen molar-refractivity contribution >= 4 is 41.3 Å². The second-order valence-corrected chi connectivity index (χ2v) is 6.47. The summed E-state index contributed by atoms with van der Waals surface area (Å²) in [6, 6.07) is 10.3. The molecule has 6 heteroatoms. The van der Waals surface area contributed by atoms with Gasteiger partial charge in [0.15, 0.2) is 5.96 Å². The van der Waals surface area contributed by atoms with Gasteiger partial charge in [-0.05, 0) is 12.0 Å². The van der Waals surface area contributed by atoms with Crippen LogP contribution in [-0.2, 0) is 19.4 Å². The maximum Gasteiger partial charge on any atom is 0.193 e. The van der Waals surface area contributed by atoms with Gasteiger partial charge >= 0.3 is 0 Å². The predicted octanol–water partition coefficient (Wildman–Crippen LogP) is 3.57. The first-order chi connectivity index (χ1) is 10.7. The van der Waals surface area contributed by atoms with E-state index in [0.29, 0.717) is 6.54 Å². The molecule has 0 aliphatic rings. The quantitative estimate of drug-likeness (QED) is 0.421. The fourth-order valence-electron chi connectivity index (χ4n) is 2.01. The van der Waals surface area contributed by atoms with Gasteiger partial charge < -0.3 is 10.2 Å². The number of nitrogens with one attached hydrogen (secondary N) is 1. The van der Waals surface area contributed by atoms with Crippen molar-refractivity contribution in [2.24, 2.45) is 4.99 Å². The first kappa shape index (κ1) is 19.9. The average molecular weight is 444 g/mol. The Bertz CT molecular complexity index is 596. The van der Waals surface area contributed by atoms with E-state index in [-0.39, 0.29) is 24.0 Å². The van der Waals surface area contributed by atoms with E-state index in [0.717, 1.165) is 25.3 Å². The van der Waals surface area contributed by atoms with Crippen LogP contribution in [0, 0.1) is 0 Å². The maximum absolute atomic E-state index is 4.66. The summed E-state index contributed by atoms with van der Waals surface area (Å²) in [6.07, 6.45) is 3.98. The number of guanidine groups is 1. The van der Waals surface area contributed by atoms with Crippen molar-refractivity contribution in [3.63, 3.8) is 0 Å². The van der Waals surface area contributed by atoms with E-state index in [4.69, 9.17) is 0 Å². The zero-order valence-electron chi connectivity index (χ0n) is 14.0. The summed E-state index contributed by atoms with van der Waals surface area (Å²) >= 11 is 1.80. The number of aliphatic imine (C=N–C) groups is 1. The normalized spacial score (nSPS) is 11.0. The number of rotatable bonds is 6. The molecule has 0 aliphatic carbocycles. The van der Waals surface area contributed by atoms with E-state index in [1.807, 2.05) is 43.4 Å². The van der Waals surface area contributed by atoms with Gasteiger partial charge in [0.05, 0.1) is 11.6 Å². The van der Waals surface area contributed by atoms with Gasteiger partial charge in [0.25, 0.3) is 0 Å². The van der Waals surface area contributed by atoms with E-state index >= 15 is 0 Å². The molecule has 1 N–H and O–H groups in total. The molecule has 0 atom stereocenters. The Morgan fingerprint density at radius 3 is 2.61 bits per heavy atom. The van der Waals surface area contributed by atoms with Crippen LogP contribution in [-0.4, -0.2) is 36.5 Å². The van der Waals surface area contributed by atoms with E-state index in [9.17, 15) is 0 Å². The summed E-state index contributed by atoms with van der Waals surface area (Å²) in [5.41, 5.74) is 1.22. The number of hydrogen-bond acceptors (Lipinski definition) is 3. The lowest BCUT2D eigenvalue weighted by atomic mass is 10.2. The fraction of sp³-hybridized carbons (Fsp3) is 0.412. The molecule has 1 aromatic heterocycles. The van der Waals surface area contributed by atoms with E-state index in [1.165, 1.54) is 15.4 Å². The SMILES string of the molecule is CCc1cnc(CCNC(=NCc2ccccc2)N(C)C)s1.I. The minimum Gasteiger partial charge on any atom is -0.356 e. The van der Waals surface area contributed by atoms with Gasteiger partial charge in [0, 0.05) is 38.1 Å². The lowest BCUT2D eigenvalue weighted by Gasteiger charge is -2.17. The average Bonchev–Trinajstić information content (AvgIpc) is 2.99. The molecule has 0 saturated carbocycles. The van der Waals surface area contributed by atoms with Crippen LogP contribution in [0.4, 0.5) is 0 Å². The molecule has 1 aromatic carbocycles. The largest absolute Gasteiger partial charge is 0.356 e. The monoisotopic (exact) mass is 444 g/mol. The Hall–Kier alpha value is -1.15. The van der Waals surface area contributed by atoms with Crippen LogP contribution in [0.3, 0.4) is 0 Å². The Labute approximate surface area is 160 Å². The molecule has 0 fully saturated rings. The van der Waals surface area contributed by atoms with Crippen LogP contribution in [0.25, 0.3) is 0 Å². The first-order valence-corrected chi connectivity index (χ1v) is 8.44. The Morgan fingerprint density at radius 1 is 1.26 bits per heavy atom. The second-order valence-electron chi connectivity index (χ2n) is 5.27. The Balaban J connectivity index is 0.00000264. The summed E-state index contributed by atoms with van der Waals surface area (Å²) in [4.78, 5) is 12.5. The summed E-state index contributed by atoms with van der Waals surface area (Å²) in [5.74, 6) is 0.913. The zero-order chi connectivity index (χ0) is 15.8. The van der Waals surface area contributed by atoms with Crippen LogP contribution in [0.5, 0.6) is 0 Å². The number of aromatic nitrogens is 1. The molecule has 0 aliphatic heterocycles. The third-order valence-corrected chi connectivity index (χ3v) is 4.45. The van der Waals surface area contributed by atoms with Crippen molar-refractivity contribution < 1.29 is 0 Å². The second kappa shape index (κ2) is 10.6. The lowest BCUT2D eigenvalue weighted by molar-refractivity contribution is 0.579. The van der Waals surface area contributed by atoms with E-state index < -0.39 is 0 Å². The molecule has 2 aromatic rings. The summed E-state index contributed by atoms with van der Waals surface area (Å²) in [5, 5.41) is 4.59. The van der Waals surface area contributed by atoms with E-state index in [2.05, 4.69) is 34.3 Å². The van der Waals surface area contributed by atoms with Crippen LogP contribution < -0.4 is 5.32 Å². The molecule has 0 spiro atoms. The van der Waals surface area contributed by atoms with Crippen LogP contribution in [0.2, 0.25) is 0 Å². The number of nitrogens with zero attached hydrogens (tertiary/aromatic N) is 3. The topological polar surface area (TPSA) is 40.5 Å². The van der Waals surface area contributed by atoms with Gasteiger partial charge in [0.1, 0.15) is 0 Å². The van der Waals surface area contributed by atoms with Gasteiger partial charge in [-0.15, -0.1) is 35.3 Å². The molecule has 4 nitrogen and oxygen atoms in total. The standard InChI is InChI=1S/C17H24N4S.HI/c1-4-15-13-19-16(22-15)10-11-18-17(21(2)3)20-12-14-8-6-5-7-9-14;/h5-9,13H,4,10-12H2,1-3H3,(H,18,20);1H. The molecule has 0 unspecified atom stereocenters. The van der Waals surface area contributed by atoms with Crippen molar-refractivity contribution in [2.75, 3.05) is 20.6 Å². The van der Waals surface area contributed by atoms with Gasteiger partial charge in [-0.1, -0.05) is 37.3 Å². The van der Waals surface area contributed by atoms with Crippen molar-refractivity contribution in [1.82, 2.24) is 15.2 Å². The minimum atomic E-state index is 0. The highest BCUT2D eigenvalue weighted by Crippen LogP contribution is 2.13. The molecule has 0 radical (unpaired) electrons. The third kappa shape index (κ3) is 6.87. The number of aryl methyl sites for hydroxylation is 1. The number of thiazole rings is 1. The van der Waals surface area contributed by atoms with Crippen LogP contribution in [0.15, 0.2) is 41.5 Å². The van der Waals surface area contributed by atoms with Crippen molar-refractivity contribution in [3.05, 3.63) is 52.0 Å². The Morgan fingerprint density at radius 2 is 2.00 bits per heavy atom. The van der Waals surface area contributed by atoms with Crippen LogP contribution >= 0.6 is 35.3 Å². The van der Waals surface area contributed by atoms with Crippen molar-refractivity contribution in [3.8, 4) is 0 Å². The molecular weight excluding hydrogens is 419 g/mol. The highest BCUT2D eigenvalue weighted by molar-refractivity contribution is 14.0. The fourth-order valence-corrected chi connectivity index (χ4v) is 2.88. The lowest BCUT2D eigenvalue weighted by Crippen LogP contribution is -2.37. The van der Waals surface area contributed by atoms with Gasteiger partial charge in [-0.2, -0.15) is 0 Å². The molecule has 126 valence electrons. The summed E-state index contributed by atoms with van der Waals surface area (Å²) < 4.78 is 0. The molecule has 0 bridgehead atoms.